The summed E-state index contributed by atoms with van der Waals surface area (Å²) in [7, 11) is 0. The second-order valence-corrected chi connectivity index (χ2v) is 10.1. The third-order valence-corrected chi connectivity index (χ3v) is 7.14. The zero-order chi connectivity index (χ0) is 23.9. The van der Waals surface area contributed by atoms with Crippen LogP contribution in [-0.4, -0.2) is 43.0 Å². The zero-order valence-corrected chi connectivity index (χ0v) is 20.8. The van der Waals surface area contributed by atoms with E-state index < -0.39 is 5.92 Å². The number of aromatic nitrogens is 1. The molecule has 34 heavy (non-hydrogen) atoms. The van der Waals surface area contributed by atoms with Crippen LogP contribution in [-0.2, 0) is 0 Å². The van der Waals surface area contributed by atoms with E-state index in [1.165, 1.54) is 5.57 Å². The lowest BCUT2D eigenvalue weighted by Crippen LogP contribution is -2.39. The Labute approximate surface area is 210 Å². The summed E-state index contributed by atoms with van der Waals surface area (Å²) in [6, 6.07) is 9.30. The van der Waals surface area contributed by atoms with Crippen molar-refractivity contribution in [2.24, 2.45) is 0 Å². The molecule has 0 unspecified atom stereocenters. The molecule has 0 saturated carbocycles. The molecule has 0 aliphatic carbocycles. The molecule has 5 rings (SSSR count). The van der Waals surface area contributed by atoms with Gasteiger partial charge >= 0.3 is 0 Å². The third-order valence-electron chi connectivity index (χ3n) is 6.47. The summed E-state index contributed by atoms with van der Waals surface area (Å²) in [5.41, 5.74) is 3.22. The number of amides is 1. The standard InChI is InChI=1S/C25H25F2IN4O2/c1-16-4-9-31(10-5-16)20-15-18(28)2-3-19(20)24(33)30-21-14-17-6-13-34-22(17)23(29-21)32-11-7-25(26,27)8-12-32/h2-3,6,13-15H,1,4-5,7-12H2,(H,29,30,33). The van der Waals surface area contributed by atoms with Gasteiger partial charge in [0.25, 0.3) is 11.8 Å². The first kappa shape index (κ1) is 23.1. The highest BCUT2D eigenvalue weighted by atomic mass is 127. The summed E-state index contributed by atoms with van der Waals surface area (Å²) in [6.45, 7) is 6.07. The second kappa shape index (κ2) is 9.16. The molecular formula is C25H25F2IN4O2. The Kier molecular flexibility index (Phi) is 6.22. The predicted octanol–water partition coefficient (Wildman–Crippen LogP) is 6.08. The molecule has 1 aromatic carbocycles. The topological polar surface area (TPSA) is 61.6 Å². The van der Waals surface area contributed by atoms with Crippen molar-refractivity contribution in [3.8, 4) is 0 Å². The van der Waals surface area contributed by atoms with Crippen LogP contribution >= 0.6 is 22.6 Å². The third kappa shape index (κ3) is 4.75. The van der Waals surface area contributed by atoms with Gasteiger partial charge in [-0.25, -0.2) is 13.8 Å². The molecule has 0 atom stereocenters. The average Bonchev–Trinajstić information content (AvgIpc) is 3.28. The van der Waals surface area contributed by atoms with Crippen LogP contribution < -0.4 is 15.1 Å². The van der Waals surface area contributed by atoms with Gasteiger partial charge in [-0.2, -0.15) is 0 Å². The first-order valence-electron chi connectivity index (χ1n) is 11.3. The van der Waals surface area contributed by atoms with Crippen LogP contribution in [0.15, 0.2) is 53.2 Å². The minimum atomic E-state index is -2.66. The van der Waals surface area contributed by atoms with Crippen LogP contribution in [0.5, 0.6) is 0 Å². The summed E-state index contributed by atoms with van der Waals surface area (Å²) < 4.78 is 34.0. The van der Waals surface area contributed by atoms with Gasteiger partial charge in [0, 0.05) is 48.0 Å². The van der Waals surface area contributed by atoms with E-state index in [2.05, 4.69) is 44.4 Å². The molecular weight excluding hydrogens is 553 g/mol. The van der Waals surface area contributed by atoms with Crippen molar-refractivity contribution in [3.05, 3.63) is 57.9 Å². The number of hydrogen-bond acceptors (Lipinski definition) is 5. The number of pyridine rings is 1. The van der Waals surface area contributed by atoms with E-state index in [4.69, 9.17) is 4.42 Å². The van der Waals surface area contributed by atoms with Gasteiger partial charge < -0.3 is 19.5 Å². The Hall–Kier alpha value is -2.69. The Balaban J connectivity index is 1.43. The van der Waals surface area contributed by atoms with Crippen LogP contribution in [0.1, 0.15) is 36.0 Å². The molecule has 3 aromatic rings. The largest absolute Gasteiger partial charge is 0.460 e. The maximum absolute atomic E-state index is 13.7. The fourth-order valence-corrected chi connectivity index (χ4v) is 4.96. The van der Waals surface area contributed by atoms with E-state index in [1.807, 2.05) is 18.2 Å². The van der Waals surface area contributed by atoms with E-state index in [0.717, 1.165) is 40.6 Å². The molecule has 2 aliphatic heterocycles. The molecule has 2 fully saturated rings. The van der Waals surface area contributed by atoms with E-state index in [-0.39, 0.29) is 31.8 Å². The average molecular weight is 578 g/mol. The first-order valence-corrected chi connectivity index (χ1v) is 12.4. The number of nitrogens with zero attached hydrogens (tertiary/aromatic N) is 3. The zero-order valence-electron chi connectivity index (χ0n) is 18.6. The van der Waals surface area contributed by atoms with Gasteiger partial charge in [-0.15, -0.1) is 0 Å². The molecule has 9 heteroatoms. The van der Waals surface area contributed by atoms with Crippen LogP contribution in [0.2, 0.25) is 0 Å². The highest BCUT2D eigenvalue weighted by Crippen LogP contribution is 2.35. The smallest absolute Gasteiger partial charge is 0.258 e. The lowest BCUT2D eigenvalue weighted by Gasteiger charge is -2.32. The van der Waals surface area contributed by atoms with Gasteiger partial charge in [0.1, 0.15) is 5.82 Å². The SMILES string of the molecule is C=C1CCN(c2cc(I)ccc2C(=O)Nc2cc3ccoc3c(N3CCC(F)(F)CC3)n2)CC1. The van der Waals surface area contributed by atoms with Crippen molar-refractivity contribution in [2.45, 2.75) is 31.6 Å². The summed E-state index contributed by atoms with van der Waals surface area (Å²) in [4.78, 5) is 22.0. The van der Waals surface area contributed by atoms with Crippen molar-refractivity contribution in [1.29, 1.82) is 0 Å². The number of hydrogen-bond donors (Lipinski definition) is 1. The van der Waals surface area contributed by atoms with Gasteiger partial charge in [-0.3, -0.25) is 4.79 Å². The summed E-state index contributed by atoms with van der Waals surface area (Å²) in [5, 5.41) is 3.69. The minimum Gasteiger partial charge on any atom is -0.460 e. The molecule has 2 aliphatic rings. The molecule has 2 aromatic heterocycles. The Morgan fingerprint density at radius 1 is 1.09 bits per heavy atom. The number of furan rings is 1. The van der Waals surface area contributed by atoms with Gasteiger partial charge in [0.2, 0.25) is 0 Å². The lowest BCUT2D eigenvalue weighted by molar-refractivity contribution is -0.0221. The molecule has 1 N–H and O–H groups in total. The minimum absolute atomic E-state index is 0.175. The number of alkyl halides is 2. The fourth-order valence-electron chi connectivity index (χ4n) is 4.49. The van der Waals surface area contributed by atoms with Crippen molar-refractivity contribution < 1.29 is 18.0 Å². The Morgan fingerprint density at radius 3 is 2.56 bits per heavy atom. The molecule has 0 spiro atoms. The molecule has 1 amide bonds. The highest BCUT2D eigenvalue weighted by Gasteiger charge is 2.35. The number of nitrogens with one attached hydrogen (secondary N) is 1. The van der Waals surface area contributed by atoms with E-state index in [0.29, 0.717) is 22.8 Å². The van der Waals surface area contributed by atoms with Crippen molar-refractivity contribution in [2.75, 3.05) is 41.3 Å². The molecule has 0 bridgehead atoms. The van der Waals surface area contributed by atoms with Crippen molar-refractivity contribution in [1.82, 2.24) is 4.98 Å². The normalized spacial score (nSPS) is 18.4. The van der Waals surface area contributed by atoms with Gasteiger partial charge in [0.15, 0.2) is 11.4 Å². The predicted molar refractivity (Wildman–Crippen MR) is 138 cm³/mol. The number of carbonyl (C=O) groups excluding carboxylic acids is 1. The number of anilines is 3. The van der Waals surface area contributed by atoms with Gasteiger partial charge in [0.05, 0.1) is 17.5 Å². The molecule has 6 nitrogen and oxygen atoms in total. The first-order chi connectivity index (χ1) is 16.3. The summed E-state index contributed by atoms with van der Waals surface area (Å²) >= 11 is 2.25. The number of fused-ring (bicyclic) bond motifs is 1. The molecule has 4 heterocycles. The molecule has 0 radical (unpaired) electrons. The second-order valence-electron chi connectivity index (χ2n) is 8.87. The molecule has 178 valence electrons. The number of piperidine rings is 2. The van der Waals surface area contributed by atoms with E-state index >= 15 is 0 Å². The van der Waals surface area contributed by atoms with E-state index in [9.17, 15) is 13.6 Å². The maximum atomic E-state index is 13.7. The maximum Gasteiger partial charge on any atom is 0.258 e. The number of halogens is 3. The fraction of sp³-hybridized carbons (Fsp3) is 0.360. The van der Waals surface area contributed by atoms with Crippen molar-refractivity contribution >= 4 is 56.8 Å². The van der Waals surface area contributed by atoms with E-state index in [1.54, 1.807) is 23.3 Å². The summed E-state index contributed by atoms with van der Waals surface area (Å²) in [6.07, 6.45) is 2.89. The highest BCUT2D eigenvalue weighted by molar-refractivity contribution is 14.1. The number of benzene rings is 1. The quantitative estimate of drug-likeness (QED) is 0.301. The Bertz CT molecular complexity index is 1240. The lowest BCUT2D eigenvalue weighted by atomic mass is 10.0. The van der Waals surface area contributed by atoms with Crippen LogP contribution in [0.4, 0.5) is 26.1 Å². The molecule has 2 saturated heterocycles. The van der Waals surface area contributed by atoms with Gasteiger partial charge in [-0.05, 0) is 65.8 Å². The van der Waals surface area contributed by atoms with Crippen LogP contribution in [0.3, 0.4) is 0 Å². The van der Waals surface area contributed by atoms with Gasteiger partial charge in [-0.1, -0.05) is 12.2 Å². The summed E-state index contributed by atoms with van der Waals surface area (Å²) in [5.74, 6) is -2.08. The monoisotopic (exact) mass is 578 g/mol. The Morgan fingerprint density at radius 2 is 1.82 bits per heavy atom. The van der Waals surface area contributed by atoms with Crippen LogP contribution in [0, 0.1) is 3.57 Å². The van der Waals surface area contributed by atoms with Crippen LogP contribution in [0.25, 0.3) is 11.0 Å². The van der Waals surface area contributed by atoms with Crippen molar-refractivity contribution in [3.63, 3.8) is 0 Å². The number of rotatable bonds is 4. The number of carbonyl (C=O) groups is 1.